The van der Waals surface area contributed by atoms with Crippen LogP contribution >= 0.6 is 36.6 Å². The summed E-state index contributed by atoms with van der Waals surface area (Å²) < 4.78 is 0.853. The normalized spacial score (nSPS) is 29.2. The Morgan fingerprint density at radius 3 is 2.55 bits per heavy atom. The molecule has 0 bridgehead atoms. The first kappa shape index (κ1) is 19.6. The summed E-state index contributed by atoms with van der Waals surface area (Å²) in [5.74, 6) is -0.932. The number of thioether (sulfide) groups is 1. The van der Waals surface area contributed by atoms with Crippen molar-refractivity contribution in [2.45, 2.75) is 24.3 Å². The molecule has 0 aromatic carbocycles. The van der Waals surface area contributed by atoms with Gasteiger partial charge in [0.15, 0.2) is 0 Å². The summed E-state index contributed by atoms with van der Waals surface area (Å²) in [5, 5.41) is 11.2. The lowest BCUT2D eigenvalue weighted by molar-refractivity contribution is -0.893. The second-order valence-corrected chi connectivity index (χ2v) is 7.21. The van der Waals surface area contributed by atoms with Gasteiger partial charge < -0.3 is 20.1 Å². The van der Waals surface area contributed by atoms with Crippen molar-refractivity contribution in [1.82, 2.24) is 4.90 Å². The maximum absolute atomic E-state index is 11.8. The smallest absolute Gasteiger partial charge is 0.248 e. The molecule has 2 atom stereocenters. The number of quaternary nitrogens is 1. The largest absolute Gasteiger partial charge is 0.543 e. The summed E-state index contributed by atoms with van der Waals surface area (Å²) in [6.07, 6.45) is 2.35. The maximum atomic E-state index is 11.8. The SMILES string of the molecule is C[N+]1(CC2=C(C(=O)[O-])N3C(=O)[C@@H](N)[C@H]3SC2)CCCC1.Cl.Cl. The van der Waals surface area contributed by atoms with Gasteiger partial charge in [0.05, 0.1) is 31.8 Å². The fraction of sp³-hybridized carbons (Fsp3) is 0.692. The zero-order valence-corrected chi connectivity index (χ0v) is 14.8. The van der Waals surface area contributed by atoms with E-state index in [2.05, 4.69) is 7.05 Å². The standard InChI is InChI=1S/C13H19N3O3S.2ClH/c1-16(4-2-3-5-16)6-8-7-20-12-9(14)11(17)15(12)10(8)13(18)19;;/h9,12H,2-7,14H2,1H3;2*1H/t9-,12-;;/m1../s1. The van der Waals surface area contributed by atoms with Gasteiger partial charge in [-0.2, -0.15) is 0 Å². The molecule has 0 saturated carbocycles. The first-order chi connectivity index (χ1) is 9.43. The van der Waals surface area contributed by atoms with E-state index in [4.69, 9.17) is 5.73 Å². The Morgan fingerprint density at radius 2 is 2.00 bits per heavy atom. The molecule has 0 radical (unpaired) electrons. The Labute approximate surface area is 146 Å². The molecule has 3 aliphatic heterocycles. The Bertz CT molecular complexity index is 509. The number of carbonyl (C=O) groups excluding carboxylic acids is 2. The van der Waals surface area contributed by atoms with Crippen molar-refractivity contribution < 1.29 is 19.2 Å². The van der Waals surface area contributed by atoms with Crippen molar-refractivity contribution in [3.8, 4) is 0 Å². The van der Waals surface area contributed by atoms with Crippen LogP contribution in [-0.2, 0) is 9.59 Å². The minimum Gasteiger partial charge on any atom is -0.543 e. The van der Waals surface area contributed by atoms with E-state index in [1.54, 1.807) is 11.8 Å². The van der Waals surface area contributed by atoms with Gasteiger partial charge in [-0.15, -0.1) is 36.6 Å². The second kappa shape index (κ2) is 6.97. The molecule has 2 N–H and O–H groups in total. The molecule has 2 fully saturated rings. The number of aliphatic carboxylic acids is 1. The number of hydrogen-bond acceptors (Lipinski definition) is 5. The summed E-state index contributed by atoms with van der Waals surface area (Å²) >= 11 is 1.56. The van der Waals surface area contributed by atoms with E-state index in [0.29, 0.717) is 12.3 Å². The van der Waals surface area contributed by atoms with Gasteiger partial charge in [-0.1, -0.05) is 0 Å². The number of β-lactam (4-membered cyclic amide) rings is 1. The highest BCUT2D eigenvalue weighted by Crippen LogP contribution is 2.40. The van der Waals surface area contributed by atoms with Gasteiger partial charge in [0.25, 0.3) is 0 Å². The number of rotatable bonds is 3. The molecule has 3 heterocycles. The van der Waals surface area contributed by atoms with E-state index in [0.717, 1.165) is 23.1 Å². The van der Waals surface area contributed by atoms with Gasteiger partial charge >= 0.3 is 0 Å². The predicted octanol–water partition coefficient (Wildman–Crippen LogP) is -0.683. The van der Waals surface area contributed by atoms with Crippen molar-refractivity contribution in [3.63, 3.8) is 0 Å². The second-order valence-electron chi connectivity index (χ2n) is 6.11. The summed E-state index contributed by atoms with van der Waals surface area (Å²) in [4.78, 5) is 24.6. The number of carboxylic acids is 1. The Kier molecular flexibility index (Phi) is 6.20. The highest BCUT2D eigenvalue weighted by Gasteiger charge is 2.50. The molecule has 2 saturated heterocycles. The van der Waals surface area contributed by atoms with Crippen molar-refractivity contribution in [3.05, 3.63) is 11.3 Å². The first-order valence-corrected chi connectivity index (χ1v) is 7.95. The van der Waals surface area contributed by atoms with Gasteiger partial charge in [0.1, 0.15) is 18.0 Å². The van der Waals surface area contributed by atoms with Crippen molar-refractivity contribution in [2.24, 2.45) is 5.73 Å². The van der Waals surface area contributed by atoms with E-state index in [1.807, 2.05) is 0 Å². The van der Waals surface area contributed by atoms with Crippen LogP contribution in [-0.4, -0.2) is 65.1 Å². The van der Waals surface area contributed by atoms with Gasteiger partial charge in [0.2, 0.25) is 5.91 Å². The fourth-order valence-electron chi connectivity index (χ4n) is 3.41. The molecule has 0 aromatic rings. The monoisotopic (exact) mass is 369 g/mol. The number of likely N-dealkylation sites (tertiary alicyclic amines) is 1. The third-order valence-corrected chi connectivity index (χ3v) is 5.86. The minimum atomic E-state index is -1.25. The van der Waals surface area contributed by atoms with Crippen molar-refractivity contribution in [1.29, 1.82) is 0 Å². The summed E-state index contributed by atoms with van der Waals surface area (Å²) in [7, 11) is 2.15. The third-order valence-electron chi connectivity index (χ3n) is 4.50. The van der Waals surface area contributed by atoms with E-state index < -0.39 is 12.0 Å². The highest BCUT2D eigenvalue weighted by atomic mass is 35.5. The van der Waals surface area contributed by atoms with Gasteiger partial charge in [-0.05, 0) is 0 Å². The van der Waals surface area contributed by atoms with Gasteiger partial charge in [0, 0.05) is 24.2 Å². The summed E-state index contributed by atoms with van der Waals surface area (Å²) in [6, 6.07) is -0.576. The van der Waals surface area contributed by atoms with E-state index >= 15 is 0 Å². The van der Waals surface area contributed by atoms with E-state index in [-0.39, 0.29) is 41.8 Å². The van der Waals surface area contributed by atoms with Crippen LogP contribution in [0.5, 0.6) is 0 Å². The molecule has 0 spiro atoms. The molecular formula is C13H21Cl2N3O3S. The number of amides is 1. The van der Waals surface area contributed by atoms with Crippen LogP contribution < -0.4 is 10.8 Å². The number of carbonyl (C=O) groups is 2. The number of likely N-dealkylation sites (N-methyl/N-ethyl adjacent to an activating group) is 1. The maximum Gasteiger partial charge on any atom is 0.248 e. The predicted molar refractivity (Wildman–Crippen MR) is 87.6 cm³/mol. The highest BCUT2D eigenvalue weighted by molar-refractivity contribution is 8.00. The quantitative estimate of drug-likeness (QED) is 0.525. The number of nitrogens with zero attached hydrogens (tertiary/aromatic N) is 2. The Balaban J connectivity index is 0.00000121. The fourth-order valence-corrected chi connectivity index (χ4v) is 4.69. The number of nitrogens with two attached hydrogens (primary N) is 1. The number of hydrogen-bond donors (Lipinski definition) is 1. The number of fused-ring (bicyclic) bond motifs is 1. The molecule has 0 aliphatic carbocycles. The molecular weight excluding hydrogens is 349 g/mol. The zero-order valence-electron chi connectivity index (χ0n) is 12.3. The van der Waals surface area contributed by atoms with E-state index in [1.165, 1.54) is 17.7 Å². The Hall–Kier alpha value is -0.470. The topological polar surface area (TPSA) is 86.5 Å². The van der Waals surface area contributed by atoms with Crippen molar-refractivity contribution in [2.75, 3.05) is 32.4 Å². The van der Waals surface area contributed by atoms with E-state index in [9.17, 15) is 14.7 Å². The lowest BCUT2D eigenvalue weighted by Gasteiger charge is -2.50. The Morgan fingerprint density at radius 1 is 1.41 bits per heavy atom. The molecule has 126 valence electrons. The molecule has 1 amide bonds. The zero-order chi connectivity index (χ0) is 14.5. The first-order valence-electron chi connectivity index (χ1n) is 6.90. The van der Waals surface area contributed by atoms with Gasteiger partial charge in [-0.3, -0.25) is 9.69 Å². The molecule has 0 aromatic heterocycles. The van der Waals surface area contributed by atoms with Crippen LogP contribution in [0.15, 0.2) is 11.3 Å². The van der Waals surface area contributed by atoms with Crippen LogP contribution in [0.1, 0.15) is 12.8 Å². The molecule has 3 rings (SSSR count). The third kappa shape index (κ3) is 3.10. The van der Waals surface area contributed by atoms with Gasteiger partial charge in [-0.25, -0.2) is 0 Å². The van der Waals surface area contributed by atoms with Crippen LogP contribution in [0, 0.1) is 0 Å². The van der Waals surface area contributed by atoms with Crippen LogP contribution in [0.4, 0.5) is 0 Å². The summed E-state index contributed by atoms with van der Waals surface area (Å²) in [6.45, 7) is 2.80. The summed E-state index contributed by atoms with van der Waals surface area (Å²) in [5.41, 5.74) is 6.61. The van der Waals surface area contributed by atoms with Crippen LogP contribution in [0.25, 0.3) is 0 Å². The molecule has 22 heavy (non-hydrogen) atoms. The van der Waals surface area contributed by atoms with Crippen molar-refractivity contribution >= 4 is 48.5 Å². The number of carboxylic acid groups (broad SMARTS) is 1. The molecule has 3 aliphatic rings. The minimum absolute atomic E-state index is 0. The van der Waals surface area contributed by atoms with Crippen LogP contribution in [0.2, 0.25) is 0 Å². The molecule has 9 heteroatoms. The molecule has 0 unspecified atom stereocenters. The average molecular weight is 370 g/mol. The average Bonchev–Trinajstić information content (AvgIpc) is 2.83. The number of halogens is 2. The lowest BCUT2D eigenvalue weighted by Crippen LogP contribution is -2.69. The molecule has 6 nitrogen and oxygen atoms in total. The van der Waals surface area contributed by atoms with Crippen LogP contribution in [0.3, 0.4) is 0 Å². The lowest BCUT2D eigenvalue weighted by atomic mass is 10.0.